The van der Waals surface area contributed by atoms with Crippen LogP contribution in [0.5, 0.6) is 0 Å². The lowest BCUT2D eigenvalue weighted by molar-refractivity contribution is -0.122. The average Bonchev–Trinajstić information content (AvgIpc) is 2.71. The van der Waals surface area contributed by atoms with Crippen LogP contribution in [-0.2, 0) is 4.79 Å². The van der Waals surface area contributed by atoms with Gasteiger partial charge in [0.1, 0.15) is 5.78 Å². The van der Waals surface area contributed by atoms with E-state index in [4.69, 9.17) is 0 Å². The molecule has 1 nitrogen and oxygen atoms in total. The van der Waals surface area contributed by atoms with E-state index in [1.807, 2.05) is 0 Å². The summed E-state index contributed by atoms with van der Waals surface area (Å²) in [5.74, 6) is 4.63. The van der Waals surface area contributed by atoms with Crippen LogP contribution in [0.3, 0.4) is 0 Å². The minimum Gasteiger partial charge on any atom is -0.300 e. The van der Waals surface area contributed by atoms with Gasteiger partial charge in [0.25, 0.3) is 0 Å². The number of Topliss-reactive ketones (excluding diaryl/α,β-unsaturated/α-hetero) is 1. The fourth-order valence-electron chi connectivity index (χ4n) is 3.93. The number of rotatable bonds is 1. The molecule has 0 aromatic rings. The summed E-state index contributed by atoms with van der Waals surface area (Å²) in [4.78, 5) is 11.5. The highest BCUT2D eigenvalue weighted by molar-refractivity contribution is 5.79. The van der Waals surface area contributed by atoms with Crippen molar-refractivity contribution in [1.29, 1.82) is 0 Å². The zero-order chi connectivity index (χ0) is 9.00. The van der Waals surface area contributed by atoms with Crippen molar-refractivity contribution in [1.82, 2.24) is 0 Å². The number of ketones is 1. The van der Waals surface area contributed by atoms with Crippen LogP contribution in [-0.4, -0.2) is 5.78 Å². The second-order valence-corrected chi connectivity index (χ2v) is 5.46. The smallest absolute Gasteiger partial charge is 0.133 e. The van der Waals surface area contributed by atoms with Crippen LogP contribution in [0.15, 0.2) is 0 Å². The molecule has 3 saturated carbocycles. The highest BCUT2D eigenvalue weighted by atomic mass is 16.1. The molecule has 0 spiro atoms. The van der Waals surface area contributed by atoms with Gasteiger partial charge in [-0.3, -0.25) is 4.79 Å². The molecule has 3 aliphatic carbocycles. The van der Waals surface area contributed by atoms with Gasteiger partial charge in [-0.15, -0.1) is 0 Å². The van der Waals surface area contributed by atoms with Crippen molar-refractivity contribution in [2.75, 3.05) is 0 Å². The van der Waals surface area contributed by atoms with Gasteiger partial charge in [0.15, 0.2) is 0 Å². The Morgan fingerprint density at radius 1 is 1.08 bits per heavy atom. The molecule has 0 N–H and O–H groups in total. The van der Waals surface area contributed by atoms with Crippen LogP contribution < -0.4 is 0 Å². The maximum absolute atomic E-state index is 11.5. The third-order valence-corrected chi connectivity index (χ3v) is 4.70. The Bertz CT molecular complexity index is 246. The molecule has 0 aliphatic heterocycles. The second-order valence-electron chi connectivity index (χ2n) is 5.46. The van der Waals surface area contributed by atoms with E-state index in [-0.39, 0.29) is 0 Å². The fourth-order valence-corrected chi connectivity index (χ4v) is 3.93. The monoisotopic (exact) mass is 178 g/mol. The van der Waals surface area contributed by atoms with Crippen LogP contribution in [0.2, 0.25) is 0 Å². The largest absolute Gasteiger partial charge is 0.300 e. The predicted molar refractivity (Wildman–Crippen MR) is 51.2 cm³/mol. The van der Waals surface area contributed by atoms with Crippen molar-refractivity contribution in [3.8, 4) is 0 Å². The number of carbonyl (C=O) groups is 1. The van der Waals surface area contributed by atoms with Gasteiger partial charge in [-0.25, -0.2) is 0 Å². The van der Waals surface area contributed by atoms with E-state index in [0.717, 1.165) is 23.7 Å². The summed E-state index contributed by atoms with van der Waals surface area (Å²) >= 11 is 0. The lowest BCUT2D eigenvalue weighted by atomic mass is 9.87. The first-order chi connectivity index (χ1) is 6.25. The molecule has 13 heavy (non-hydrogen) atoms. The van der Waals surface area contributed by atoms with Gasteiger partial charge in [0.2, 0.25) is 0 Å². The Labute approximate surface area is 79.9 Å². The molecular formula is C12H18O. The van der Waals surface area contributed by atoms with Crippen molar-refractivity contribution in [2.24, 2.45) is 29.6 Å². The molecule has 2 bridgehead atoms. The Balaban J connectivity index is 1.83. The van der Waals surface area contributed by atoms with Gasteiger partial charge in [-0.1, -0.05) is 6.42 Å². The molecular weight excluding hydrogens is 160 g/mol. The minimum absolute atomic E-state index is 0.459. The first-order valence-electron chi connectivity index (χ1n) is 5.76. The molecule has 0 saturated heterocycles. The maximum atomic E-state index is 11.5. The van der Waals surface area contributed by atoms with E-state index >= 15 is 0 Å². The van der Waals surface area contributed by atoms with Crippen LogP contribution in [0.1, 0.15) is 39.0 Å². The van der Waals surface area contributed by atoms with E-state index in [1.54, 1.807) is 6.92 Å². The molecule has 5 atom stereocenters. The van der Waals surface area contributed by atoms with Gasteiger partial charge in [0.05, 0.1) is 0 Å². The molecule has 0 heterocycles. The van der Waals surface area contributed by atoms with Crippen LogP contribution in [0.4, 0.5) is 0 Å². The zero-order valence-electron chi connectivity index (χ0n) is 8.33. The van der Waals surface area contributed by atoms with Gasteiger partial charge < -0.3 is 0 Å². The average molecular weight is 178 g/mol. The summed E-state index contributed by atoms with van der Waals surface area (Å²) in [6.07, 6.45) is 6.94. The zero-order valence-corrected chi connectivity index (χ0v) is 8.33. The van der Waals surface area contributed by atoms with E-state index in [1.165, 1.54) is 32.1 Å². The van der Waals surface area contributed by atoms with E-state index in [0.29, 0.717) is 11.7 Å². The second kappa shape index (κ2) is 2.59. The molecule has 72 valence electrons. The van der Waals surface area contributed by atoms with Crippen LogP contribution in [0, 0.1) is 29.6 Å². The highest BCUT2D eigenvalue weighted by Crippen LogP contribution is 2.59. The van der Waals surface area contributed by atoms with Crippen molar-refractivity contribution >= 4 is 5.78 Å². The molecule has 1 heteroatoms. The van der Waals surface area contributed by atoms with Crippen molar-refractivity contribution < 1.29 is 4.79 Å². The molecule has 3 aliphatic rings. The summed E-state index contributed by atoms with van der Waals surface area (Å²) in [5, 5.41) is 0. The molecule has 0 aromatic heterocycles. The lowest BCUT2D eigenvalue weighted by Crippen LogP contribution is -2.18. The molecule has 5 unspecified atom stereocenters. The molecule has 3 rings (SSSR count). The summed E-state index contributed by atoms with van der Waals surface area (Å²) in [5.41, 5.74) is 0. The van der Waals surface area contributed by atoms with Crippen LogP contribution >= 0.6 is 0 Å². The quantitative estimate of drug-likeness (QED) is 0.603. The van der Waals surface area contributed by atoms with Gasteiger partial charge in [-0.05, 0) is 56.3 Å². The molecule has 0 amide bonds. The van der Waals surface area contributed by atoms with Crippen molar-refractivity contribution in [2.45, 2.75) is 39.0 Å². The Kier molecular flexibility index (Phi) is 1.59. The standard InChI is InChI=1S/C12H18O/c1-7(13)10-4-8-2-3-9-6-11(9)12(10)5-8/h8-12H,2-6H2,1H3. The minimum atomic E-state index is 0.459. The van der Waals surface area contributed by atoms with Crippen LogP contribution in [0.25, 0.3) is 0 Å². The number of fused-ring (bicyclic) bond motifs is 4. The Morgan fingerprint density at radius 3 is 2.69 bits per heavy atom. The molecule has 0 radical (unpaired) electrons. The molecule has 3 fully saturated rings. The van der Waals surface area contributed by atoms with Gasteiger partial charge in [0, 0.05) is 5.92 Å². The summed E-state index contributed by atoms with van der Waals surface area (Å²) in [6.45, 7) is 1.80. The third kappa shape index (κ3) is 1.16. The Morgan fingerprint density at radius 2 is 1.92 bits per heavy atom. The third-order valence-electron chi connectivity index (χ3n) is 4.70. The summed E-state index contributed by atoms with van der Waals surface area (Å²) < 4.78 is 0. The van der Waals surface area contributed by atoms with E-state index in [2.05, 4.69) is 0 Å². The lowest BCUT2D eigenvalue weighted by Gasteiger charge is -2.16. The first kappa shape index (κ1) is 8.02. The number of hydrogen-bond donors (Lipinski definition) is 0. The normalized spacial score (nSPS) is 52.5. The van der Waals surface area contributed by atoms with Crippen molar-refractivity contribution in [3.05, 3.63) is 0 Å². The van der Waals surface area contributed by atoms with E-state index in [9.17, 15) is 4.79 Å². The molecule has 0 aromatic carbocycles. The summed E-state index contributed by atoms with van der Waals surface area (Å²) in [6, 6.07) is 0. The van der Waals surface area contributed by atoms with Gasteiger partial charge in [-0.2, -0.15) is 0 Å². The van der Waals surface area contributed by atoms with Gasteiger partial charge >= 0.3 is 0 Å². The number of hydrogen-bond acceptors (Lipinski definition) is 1. The topological polar surface area (TPSA) is 17.1 Å². The SMILES string of the molecule is CC(=O)C1CC2CCC3CC3C1C2. The van der Waals surface area contributed by atoms with E-state index < -0.39 is 0 Å². The maximum Gasteiger partial charge on any atom is 0.133 e. The highest BCUT2D eigenvalue weighted by Gasteiger charge is 2.52. The summed E-state index contributed by atoms with van der Waals surface area (Å²) in [7, 11) is 0. The first-order valence-corrected chi connectivity index (χ1v) is 5.76. The Hall–Kier alpha value is -0.330. The number of carbonyl (C=O) groups excluding carboxylic acids is 1. The van der Waals surface area contributed by atoms with Crippen molar-refractivity contribution in [3.63, 3.8) is 0 Å². The predicted octanol–water partition coefficient (Wildman–Crippen LogP) is 2.65. The fraction of sp³-hybridized carbons (Fsp3) is 0.917.